The smallest absolute Gasteiger partial charge is 0.254 e. The van der Waals surface area contributed by atoms with Crippen LogP contribution >= 0.6 is 0 Å². The van der Waals surface area contributed by atoms with E-state index in [1.165, 1.54) is 18.4 Å². The molecule has 0 saturated carbocycles. The predicted octanol–water partition coefficient (Wildman–Crippen LogP) is 4.61. The van der Waals surface area contributed by atoms with Crippen LogP contribution in [0, 0.1) is 0 Å². The van der Waals surface area contributed by atoms with Gasteiger partial charge >= 0.3 is 0 Å². The molecule has 2 atom stereocenters. The number of methoxy groups -OCH3 is 1. The van der Waals surface area contributed by atoms with Gasteiger partial charge in [0.05, 0.1) is 19.1 Å². The number of nitrogens with one attached hydrogen (secondary N) is 1. The number of allylic oxidation sites excluding steroid dienone is 1. The molecule has 0 fully saturated rings. The maximum atomic E-state index is 13.5. The van der Waals surface area contributed by atoms with Crippen LogP contribution in [0.25, 0.3) is 0 Å². The first-order valence-corrected chi connectivity index (χ1v) is 11.1. The minimum Gasteiger partial charge on any atom is -0.497 e. The van der Waals surface area contributed by atoms with Gasteiger partial charge in [-0.2, -0.15) is 0 Å². The summed E-state index contributed by atoms with van der Waals surface area (Å²) < 4.78 is 5.28. The van der Waals surface area contributed by atoms with Crippen LogP contribution in [0.3, 0.4) is 0 Å². The molecule has 5 heteroatoms. The summed E-state index contributed by atoms with van der Waals surface area (Å²) in [5, 5.41) is 3.16. The standard InChI is InChI=1S/C26H30N2O3/c1-28-24(19-12-14-20(31-2)15-13-19)23(21-10-6-7-11-22(21)26(28)30)25(29)27-17-16-18-8-4-3-5-9-18/h6-8,10-15,23-24H,3-5,9,16-17H2,1-2H3,(H,27,29)/t23-,24+/m1/s1. The van der Waals surface area contributed by atoms with Crippen molar-refractivity contribution in [2.24, 2.45) is 0 Å². The van der Waals surface area contributed by atoms with E-state index in [1.807, 2.05) is 48.5 Å². The third kappa shape index (κ3) is 4.36. The number of ether oxygens (including phenoxy) is 1. The highest BCUT2D eigenvalue weighted by molar-refractivity contribution is 6.01. The van der Waals surface area contributed by atoms with E-state index in [1.54, 1.807) is 19.1 Å². The molecule has 1 aliphatic carbocycles. The Morgan fingerprint density at radius 2 is 1.90 bits per heavy atom. The first kappa shape index (κ1) is 21.2. The summed E-state index contributed by atoms with van der Waals surface area (Å²) in [6.07, 6.45) is 7.99. The molecule has 1 heterocycles. The van der Waals surface area contributed by atoms with Crippen LogP contribution in [0.2, 0.25) is 0 Å². The lowest BCUT2D eigenvalue weighted by atomic mass is 9.79. The normalized spacial score (nSPS) is 20.6. The van der Waals surface area contributed by atoms with Gasteiger partial charge in [-0.1, -0.05) is 42.0 Å². The van der Waals surface area contributed by atoms with Gasteiger partial charge in [0.15, 0.2) is 0 Å². The Labute approximate surface area is 184 Å². The number of fused-ring (bicyclic) bond motifs is 1. The average Bonchev–Trinajstić information content (AvgIpc) is 2.82. The SMILES string of the molecule is COc1ccc([C@H]2[C@H](C(=O)NCCC3=CCCCC3)c3ccccc3C(=O)N2C)cc1. The number of carbonyl (C=O) groups is 2. The summed E-state index contributed by atoms with van der Waals surface area (Å²) in [6.45, 7) is 0.621. The Morgan fingerprint density at radius 1 is 1.13 bits per heavy atom. The fraction of sp³-hybridized carbons (Fsp3) is 0.385. The van der Waals surface area contributed by atoms with E-state index in [9.17, 15) is 9.59 Å². The predicted molar refractivity (Wildman–Crippen MR) is 121 cm³/mol. The molecule has 0 aromatic heterocycles. The number of likely N-dealkylation sites (N-methyl/N-ethyl adjacent to an activating group) is 1. The molecule has 2 aromatic rings. The number of benzene rings is 2. The number of hydrogen-bond donors (Lipinski definition) is 1. The van der Waals surface area contributed by atoms with Crippen LogP contribution < -0.4 is 10.1 Å². The third-order valence-corrected chi connectivity index (χ3v) is 6.45. The second-order valence-corrected chi connectivity index (χ2v) is 8.35. The minimum atomic E-state index is -0.465. The lowest BCUT2D eigenvalue weighted by Gasteiger charge is -2.39. The lowest BCUT2D eigenvalue weighted by Crippen LogP contribution is -2.45. The van der Waals surface area contributed by atoms with Gasteiger partial charge in [-0.05, 0) is 61.4 Å². The van der Waals surface area contributed by atoms with E-state index in [0.717, 1.165) is 36.1 Å². The monoisotopic (exact) mass is 418 g/mol. The largest absolute Gasteiger partial charge is 0.497 e. The van der Waals surface area contributed by atoms with Crippen LogP contribution in [-0.2, 0) is 4.79 Å². The van der Waals surface area contributed by atoms with Gasteiger partial charge in [-0.25, -0.2) is 0 Å². The highest BCUT2D eigenvalue weighted by Gasteiger charge is 2.42. The molecule has 1 N–H and O–H groups in total. The molecule has 31 heavy (non-hydrogen) atoms. The Morgan fingerprint density at radius 3 is 2.61 bits per heavy atom. The first-order valence-electron chi connectivity index (χ1n) is 11.1. The van der Waals surface area contributed by atoms with Crippen LogP contribution in [0.15, 0.2) is 60.2 Å². The van der Waals surface area contributed by atoms with Gasteiger partial charge in [0.25, 0.3) is 5.91 Å². The maximum absolute atomic E-state index is 13.5. The summed E-state index contributed by atoms with van der Waals surface area (Å²) in [6, 6.07) is 14.7. The van der Waals surface area contributed by atoms with E-state index in [0.29, 0.717) is 12.1 Å². The molecular formula is C26H30N2O3. The van der Waals surface area contributed by atoms with Gasteiger partial charge in [-0.3, -0.25) is 9.59 Å². The molecule has 2 aliphatic rings. The molecule has 2 aromatic carbocycles. The number of hydrogen-bond acceptors (Lipinski definition) is 3. The minimum absolute atomic E-state index is 0.0379. The maximum Gasteiger partial charge on any atom is 0.254 e. The molecule has 0 spiro atoms. The molecule has 1 aliphatic heterocycles. The second kappa shape index (κ2) is 9.38. The second-order valence-electron chi connectivity index (χ2n) is 8.35. The Balaban J connectivity index is 1.62. The quantitative estimate of drug-likeness (QED) is 0.697. The summed E-state index contributed by atoms with van der Waals surface area (Å²) in [7, 11) is 3.40. The number of amides is 2. The summed E-state index contributed by atoms with van der Waals surface area (Å²) >= 11 is 0. The van der Waals surface area contributed by atoms with Gasteiger partial charge in [-0.15, -0.1) is 0 Å². The zero-order valence-corrected chi connectivity index (χ0v) is 18.3. The van der Waals surface area contributed by atoms with E-state index in [4.69, 9.17) is 4.74 Å². The highest BCUT2D eigenvalue weighted by atomic mass is 16.5. The highest BCUT2D eigenvalue weighted by Crippen LogP contribution is 2.42. The average molecular weight is 419 g/mol. The van der Waals surface area contributed by atoms with Crippen molar-refractivity contribution in [3.8, 4) is 5.75 Å². The van der Waals surface area contributed by atoms with Crippen molar-refractivity contribution in [3.63, 3.8) is 0 Å². The van der Waals surface area contributed by atoms with E-state index in [2.05, 4.69) is 11.4 Å². The molecule has 2 amide bonds. The van der Waals surface area contributed by atoms with Gasteiger partial charge < -0.3 is 15.0 Å². The Hall–Kier alpha value is -3.08. The summed E-state index contributed by atoms with van der Waals surface area (Å²) in [5.41, 5.74) is 3.75. The molecule has 4 rings (SSSR count). The molecule has 162 valence electrons. The summed E-state index contributed by atoms with van der Waals surface area (Å²) in [5.74, 6) is 0.181. The lowest BCUT2D eigenvalue weighted by molar-refractivity contribution is -0.124. The van der Waals surface area contributed by atoms with Crippen LogP contribution in [-0.4, -0.2) is 37.4 Å². The molecule has 0 bridgehead atoms. The van der Waals surface area contributed by atoms with E-state index in [-0.39, 0.29) is 17.9 Å². The van der Waals surface area contributed by atoms with Crippen molar-refractivity contribution in [2.45, 2.75) is 44.1 Å². The van der Waals surface area contributed by atoms with Crippen molar-refractivity contribution in [2.75, 3.05) is 20.7 Å². The van der Waals surface area contributed by atoms with Crippen molar-refractivity contribution < 1.29 is 14.3 Å². The van der Waals surface area contributed by atoms with Crippen molar-refractivity contribution in [3.05, 3.63) is 76.9 Å². The van der Waals surface area contributed by atoms with Gasteiger partial charge in [0.2, 0.25) is 5.91 Å². The van der Waals surface area contributed by atoms with E-state index < -0.39 is 5.92 Å². The molecule has 5 nitrogen and oxygen atoms in total. The zero-order chi connectivity index (χ0) is 21.8. The van der Waals surface area contributed by atoms with Crippen molar-refractivity contribution in [1.29, 1.82) is 0 Å². The fourth-order valence-electron chi connectivity index (χ4n) is 4.76. The molecular weight excluding hydrogens is 388 g/mol. The van der Waals surface area contributed by atoms with Crippen LogP contribution in [0.1, 0.15) is 65.5 Å². The molecule has 0 unspecified atom stereocenters. The van der Waals surface area contributed by atoms with Crippen LogP contribution in [0.5, 0.6) is 5.75 Å². The van der Waals surface area contributed by atoms with Crippen LogP contribution in [0.4, 0.5) is 0 Å². The van der Waals surface area contributed by atoms with Gasteiger partial charge in [0, 0.05) is 19.2 Å². The summed E-state index contributed by atoms with van der Waals surface area (Å²) in [4.78, 5) is 28.2. The third-order valence-electron chi connectivity index (χ3n) is 6.45. The molecule has 0 radical (unpaired) electrons. The van der Waals surface area contributed by atoms with Crippen molar-refractivity contribution >= 4 is 11.8 Å². The Bertz CT molecular complexity index is 980. The zero-order valence-electron chi connectivity index (χ0n) is 18.3. The first-order chi connectivity index (χ1) is 15.1. The number of nitrogens with zero attached hydrogens (tertiary/aromatic N) is 1. The number of carbonyl (C=O) groups excluding carboxylic acids is 2. The van der Waals surface area contributed by atoms with Gasteiger partial charge in [0.1, 0.15) is 5.75 Å². The van der Waals surface area contributed by atoms with E-state index >= 15 is 0 Å². The topological polar surface area (TPSA) is 58.6 Å². The number of rotatable bonds is 6. The Kier molecular flexibility index (Phi) is 6.40. The van der Waals surface area contributed by atoms with Crippen molar-refractivity contribution in [1.82, 2.24) is 10.2 Å². The molecule has 0 saturated heterocycles. The fourth-order valence-corrected chi connectivity index (χ4v) is 4.76.